The average Bonchev–Trinajstić information content (AvgIpc) is 3.03. The van der Waals surface area contributed by atoms with Crippen LogP contribution in [0.4, 0.5) is 0 Å². The van der Waals surface area contributed by atoms with Crippen molar-refractivity contribution in [3.63, 3.8) is 0 Å². The van der Waals surface area contributed by atoms with Crippen molar-refractivity contribution in [2.45, 2.75) is 38.5 Å². The molecule has 126 valence electrons. The van der Waals surface area contributed by atoms with E-state index in [0.717, 1.165) is 23.4 Å². The minimum atomic E-state index is 0.117. The Bertz CT molecular complexity index is 730. The first-order valence-corrected chi connectivity index (χ1v) is 9.51. The number of rotatable bonds is 2. The standard InChI is InChI=1S/C21H25NOS/c1-15-7-5-6-8-18(15)19(23)22-13-14-24-20(22)16-9-11-17(12-10-16)21(2,3)4/h5-12,20H,13-14H2,1-4H3. The fourth-order valence-corrected chi connectivity index (χ4v) is 4.33. The summed E-state index contributed by atoms with van der Waals surface area (Å²) in [6, 6.07) is 16.6. The van der Waals surface area contributed by atoms with E-state index in [2.05, 4.69) is 45.0 Å². The van der Waals surface area contributed by atoms with Crippen LogP contribution in [0.15, 0.2) is 48.5 Å². The molecule has 1 unspecified atom stereocenters. The molecule has 1 atom stereocenters. The fourth-order valence-electron chi connectivity index (χ4n) is 3.07. The number of carbonyl (C=O) groups excluding carboxylic acids is 1. The van der Waals surface area contributed by atoms with E-state index in [1.54, 1.807) is 0 Å². The zero-order chi connectivity index (χ0) is 17.3. The SMILES string of the molecule is Cc1ccccc1C(=O)N1CCSC1c1ccc(C(C)(C)C)cc1. The van der Waals surface area contributed by atoms with Crippen molar-refractivity contribution in [2.24, 2.45) is 0 Å². The molecule has 0 aliphatic carbocycles. The molecule has 0 bridgehead atoms. The lowest BCUT2D eigenvalue weighted by atomic mass is 9.86. The summed E-state index contributed by atoms with van der Waals surface area (Å²) in [5.41, 5.74) is 4.55. The van der Waals surface area contributed by atoms with Crippen molar-refractivity contribution in [3.8, 4) is 0 Å². The van der Waals surface area contributed by atoms with Gasteiger partial charge in [0, 0.05) is 17.9 Å². The molecule has 1 heterocycles. The topological polar surface area (TPSA) is 20.3 Å². The molecule has 0 N–H and O–H groups in total. The van der Waals surface area contributed by atoms with E-state index in [1.807, 2.05) is 47.9 Å². The van der Waals surface area contributed by atoms with Crippen LogP contribution in [-0.4, -0.2) is 23.1 Å². The van der Waals surface area contributed by atoms with Gasteiger partial charge in [-0.3, -0.25) is 4.79 Å². The number of benzene rings is 2. The third-order valence-corrected chi connectivity index (χ3v) is 5.85. The zero-order valence-corrected chi connectivity index (χ0v) is 15.7. The van der Waals surface area contributed by atoms with Crippen molar-refractivity contribution < 1.29 is 4.79 Å². The molecule has 2 nitrogen and oxygen atoms in total. The van der Waals surface area contributed by atoms with Gasteiger partial charge in [-0.1, -0.05) is 63.2 Å². The molecular weight excluding hydrogens is 314 g/mol. The highest BCUT2D eigenvalue weighted by atomic mass is 32.2. The maximum absolute atomic E-state index is 13.0. The van der Waals surface area contributed by atoms with E-state index in [4.69, 9.17) is 0 Å². The summed E-state index contributed by atoms with van der Waals surface area (Å²) in [5, 5.41) is 0.117. The molecule has 1 fully saturated rings. The van der Waals surface area contributed by atoms with Crippen molar-refractivity contribution in [1.82, 2.24) is 4.90 Å². The zero-order valence-electron chi connectivity index (χ0n) is 14.9. The second-order valence-electron chi connectivity index (χ2n) is 7.41. The quantitative estimate of drug-likeness (QED) is 0.751. The summed E-state index contributed by atoms with van der Waals surface area (Å²) in [5.74, 6) is 1.13. The van der Waals surface area contributed by atoms with E-state index in [0.29, 0.717) is 0 Å². The molecule has 1 amide bonds. The largest absolute Gasteiger partial charge is 0.322 e. The van der Waals surface area contributed by atoms with Crippen LogP contribution in [0.5, 0.6) is 0 Å². The lowest BCUT2D eigenvalue weighted by molar-refractivity contribution is 0.0759. The third kappa shape index (κ3) is 3.36. The number of amides is 1. The van der Waals surface area contributed by atoms with Crippen LogP contribution >= 0.6 is 11.8 Å². The predicted molar refractivity (Wildman–Crippen MR) is 103 cm³/mol. The lowest BCUT2D eigenvalue weighted by Crippen LogP contribution is -2.31. The first-order chi connectivity index (χ1) is 11.4. The molecule has 0 spiro atoms. The Kier molecular flexibility index (Phi) is 4.73. The predicted octanol–water partition coefficient (Wildman–Crippen LogP) is 5.18. The summed E-state index contributed by atoms with van der Waals surface area (Å²) in [6.45, 7) is 9.48. The van der Waals surface area contributed by atoms with Gasteiger partial charge >= 0.3 is 0 Å². The second kappa shape index (κ2) is 6.64. The number of thioether (sulfide) groups is 1. The molecule has 3 heteroatoms. The summed E-state index contributed by atoms with van der Waals surface area (Å²) in [4.78, 5) is 15.0. The van der Waals surface area contributed by atoms with Crippen LogP contribution in [0.2, 0.25) is 0 Å². The highest BCUT2D eigenvalue weighted by molar-refractivity contribution is 7.99. The molecule has 1 aliphatic heterocycles. The molecule has 0 saturated carbocycles. The number of hydrogen-bond acceptors (Lipinski definition) is 2. The molecule has 3 rings (SSSR count). The van der Waals surface area contributed by atoms with Crippen LogP contribution < -0.4 is 0 Å². The number of aryl methyl sites for hydroxylation is 1. The molecule has 24 heavy (non-hydrogen) atoms. The van der Waals surface area contributed by atoms with Crippen molar-refractivity contribution in [2.75, 3.05) is 12.3 Å². The van der Waals surface area contributed by atoms with E-state index in [1.165, 1.54) is 11.1 Å². The highest BCUT2D eigenvalue weighted by Gasteiger charge is 2.31. The van der Waals surface area contributed by atoms with Gasteiger partial charge in [-0.2, -0.15) is 0 Å². The van der Waals surface area contributed by atoms with E-state index < -0.39 is 0 Å². The molecule has 2 aromatic carbocycles. The summed E-state index contributed by atoms with van der Waals surface area (Å²) in [6.07, 6.45) is 0. The number of carbonyl (C=O) groups is 1. The van der Waals surface area contributed by atoms with Crippen LogP contribution in [0.1, 0.15) is 53.2 Å². The lowest BCUT2D eigenvalue weighted by Gasteiger charge is -2.26. The van der Waals surface area contributed by atoms with Gasteiger partial charge in [0.15, 0.2) is 0 Å². The van der Waals surface area contributed by atoms with Crippen molar-refractivity contribution in [3.05, 3.63) is 70.8 Å². The molecule has 0 radical (unpaired) electrons. The Morgan fingerprint density at radius 2 is 1.75 bits per heavy atom. The molecule has 1 saturated heterocycles. The molecule has 2 aromatic rings. The third-order valence-electron chi connectivity index (χ3n) is 4.59. The number of nitrogens with zero attached hydrogens (tertiary/aromatic N) is 1. The van der Waals surface area contributed by atoms with Gasteiger partial charge in [0.05, 0.1) is 0 Å². The van der Waals surface area contributed by atoms with Crippen LogP contribution in [0, 0.1) is 6.92 Å². The number of hydrogen-bond donors (Lipinski definition) is 0. The fraction of sp³-hybridized carbons (Fsp3) is 0.381. The van der Waals surface area contributed by atoms with Crippen LogP contribution in [0.3, 0.4) is 0 Å². The van der Waals surface area contributed by atoms with Gasteiger partial charge in [-0.05, 0) is 35.1 Å². The first kappa shape index (κ1) is 17.1. The minimum absolute atomic E-state index is 0.117. The van der Waals surface area contributed by atoms with E-state index >= 15 is 0 Å². The normalized spacial score (nSPS) is 18.0. The smallest absolute Gasteiger partial charge is 0.255 e. The minimum Gasteiger partial charge on any atom is -0.322 e. The Labute approximate surface area is 149 Å². The van der Waals surface area contributed by atoms with Gasteiger partial charge in [-0.15, -0.1) is 11.8 Å². The second-order valence-corrected chi connectivity index (χ2v) is 8.60. The summed E-state index contributed by atoms with van der Waals surface area (Å²) < 4.78 is 0. The Morgan fingerprint density at radius 3 is 2.38 bits per heavy atom. The van der Waals surface area contributed by atoms with Crippen LogP contribution in [0.25, 0.3) is 0 Å². The van der Waals surface area contributed by atoms with Gasteiger partial charge < -0.3 is 4.90 Å². The van der Waals surface area contributed by atoms with Crippen molar-refractivity contribution >= 4 is 17.7 Å². The van der Waals surface area contributed by atoms with Crippen LogP contribution in [-0.2, 0) is 5.41 Å². The van der Waals surface area contributed by atoms with Crippen molar-refractivity contribution in [1.29, 1.82) is 0 Å². The molecule has 0 aromatic heterocycles. The first-order valence-electron chi connectivity index (χ1n) is 8.46. The molecular formula is C21H25NOS. The Morgan fingerprint density at radius 1 is 1.08 bits per heavy atom. The van der Waals surface area contributed by atoms with Gasteiger partial charge in [-0.25, -0.2) is 0 Å². The monoisotopic (exact) mass is 339 g/mol. The maximum atomic E-state index is 13.0. The Hall–Kier alpha value is -1.74. The van der Waals surface area contributed by atoms with E-state index in [9.17, 15) is 4.79 Å². The molecule has 1 aliphatic rings. The summed E-state index contributed by atoms with van der Waals surface area (Å²) >= 11 is 1.85. The van der Waals surface area contributed by atoms with E-state index in [-0.39, 0.29) is 16.7 Å². The summed E-state index contributed by atoms with van der Waals surface area (Å²) in [7, 11) is 0. The maximum Gasteiger partial charge on any atom is 0.255 e. The van der Waals surface area contributed by atoms with Gasteiger partial charge in [0.2, 0.25) is 0 Å². The Balaban J connectivity index is 1.86. The average molecular weight is 340 g/mol. The highest BCUT2D eigenvalue weighted by Crippen LogP contribution is 2.39. The van der Waals surface area contributed by atoms with Gasteiger partial charge in [0.1, 0.15) is 5.37 Å². The van der Waals surface area contributed by atoms with Gasteiger partial charge in [0.25, 0.3) is 5.91 Å².